The Morgan fingerprint density at radius 1 is 1.27 bits per heavy atom. The van der Waals surface area contributed by atoms with E-state index in [1.807, 2.05) is 0 Å². The fourth-order valence-corrected chi connectivity index (χ4v) is 3.91. The molecule has 0 aromatic heterocycles. The Bertz CT molecular complexity index is 359. The van der Waals surface area contributed by atoms with Crippen LogP contribution in [-0.2, 0) is 9.53 Å². The van der Waals surface area contributed by atoms with E-state index >= 15 is 0 Å². The molecule has 3 aliphatic rings. The van der Waals surface area contributed by atoms with E-state index in [-0.39, 0.29) is 30.4 Å². The van der Waals surface area contributed by atoms with Crippen molar-refractivity contribution in [3.05, 3.63) is 0 Å². The lowest BCUT2D eigenvalue weighted by Crippen LogP contribution is -2.54. The summed E-state index contributed by atoms with van der Waals surface area (Å²) in [5.41, 5.74) is -0.264. The van der Waals surface area contributed by atoms with Gasteiger partial charge in [-0.2, -0.15) is 0 Å². The predicted octanol–water partition coefficient (Wildman–Crippen LogP) is 1.30. The fraction of sp³-hybridized carbons (Fsp3) is 0.933. The van der Waals surface area contributed by atoms with Crippen LogP contribution in [0.2, 0.25) is 0 Å². The van der Waals surface area contributed by atoms with Gasteiger partial charge in [-0.1, -0.05) is 6.92 Å². The zero-order valence-corrected chi connectivity index (χ0v) is 15.0. The van der Waals surface area contributed by atoms with E-state index in [2.05, 4.69) is 22.0 Å². The highest BCUT2D eigenvalue weighted by atomic mass is 35.5. The molecule has 3 saturated heterocycles. The van der Waals surface area contributed by atoms with E-state index in [1.54, 1.807) is 0 Å². The molecule has 0 aromatic carbocycles. The van der Waals surface area contributed by atoms with Crippen LogP contribution in [-0.4, -0.2) is 73.2 Å². The standard InChI is InChI=1S/C15H27N3O2.2ClH/c1-2-15(5-3-6-16-15)14(19)18-7-4-13(12-18)17-8-10-20-11-9-17;;/h13,16H,2-12H2,1H3;2*1H. The van der Waals surface area contributed by atoms with Crippen molar-refractivity contribution in [1.29, 1.82) is 0 Å². The average Bonchev–Trinajstić information content (AvgIpc) is 3.17. The van der Waals surface area contributed by atoms with E-state index in [9.17, 15) is 4.79 Å². The van der Waals surface area contributed by atoms with Gasteiger partial charge in [0.25, 0.3) is 0 Å². The van der Waals surface area contributed by atoms with Crippen molar-refractivity contribution in [2.45, 2.75) is 44.2 Å². The molecule has 3 heterocycles. The van der Waals surface area contributed by atoms with Gasteiger partial charge in [-0.3, -0.25) is 9.69 Å². The van der Waals surface area contributed by atoms with Crippen molar-refractivity contribution in [2.75, 3.05) is 45.9 Å². The largest absolute Gasteiger partial charge is 0.379 e. The lowest BCUT2D eigenvalue weighted by atomic mass is 9.92. The van der Waals surface area contributed by atoms with Gasteiger partial charge in [0, 0.05) is 32.2 Å². The van der Waals surface area contributed by atoms with Crippen LogP contribution in [0.25, 0.3) is 0 Å². The maximum atomic E-state index is 12.8. The van der Waals surface area contributed by atoms with E-state index in [4.69, 9.17) is 4.74 Å². The number of amides is 1. The lowest BCUT2D eigenvalue weighted by Gasteiger charge is -2.34. The number of carbonyl (C=O) groups excluding carboxylic acids is 1. The van der Waals surface area contributed by atoms with Crippen molar-refractivity contribution in [3.8, 4) is 0 Å². The first-order chi connectivity index (χ1) is 9.75. The number of rotatable bonds is 3. The topological polar surface area (TPSA) is 44.8 Å². The Labute approximate surface area is 145 Å². The Hall–Kier alpha value is -0.0700. The zero-order chi connectivity index (χ0) is 14.0. The summed E-state index contributed by atoms with van der Waals surface area (Å²) in [6.07, 6.45) is 4.15. The van der Waals surface area contributed by atoms with Gasteiger partial charge in [-0.15, -0.1) is 24.8 Å². The van der Waals surface area contributed by atoms with Crippen molar-refractivity contribution in [1.82, 2.24) is 15.1 Å². The third-order valence-electron chi connectivity index (χ3n) is 5.27. The molecular weight excluding hydrogens is 325 g/mol. The number of morpholine rings is 1. The molecule has 1 amide bonds. The summed E-state index contributed by atoms with van der Waals surface area (Å²) in [5, 5.41) is 3.47. The molecule has 2 atom stereocenters. The fourth-order valence-electron chi connectivity index (χ4n) is 3.91. The van der Waals surface area contributed by atoms with Gasteiger partial charge in [-0.05, 0) is 32.2 Å². The smallest absolute Gasteiger partial charge is 0.242 e. The van der Waals surface area contributed by atoms with Crippen LogP contribution in [0.15, 0.2) is 0 Å². The molecule has 130 valence electrons. The number of halogens is 2. The maximum Gasteiger partial charge on any atom is 0.242 e. The van der Waals surface area contributed by atoms with Crippen molar-refractivity contribution >= 4 is 30.7 Å². The Morgan fingerprint density at radius 3 is 2.59 bits per heavy atom. The molecule has 0 aromatic rings. The predicted molar refractivity (Wildman–Crippen MR) is 92.1 cm³/mol. The first kappa shape index (κ1) is 20.0. The molecule has 0 bridgehead atoms. The number of nitrogens with one attached hydrogen (secondary N) is 1. The molecule has 0 spiro atoms. The molecule has 22 heavy (non-hydrogen) atoms. The van der Waals surface area contributed by atoms with Crippen LogP contribution in [0.5, 0.6) is 0 Å². The molecule has 0 aliphatic carbocycles. The quantitative estimate of drug-likeness (QED) is 0.830. The number of hydrogen-bond donors (Lipinski definition) is 1. The minimum atomic E-state index is -0.264. The number of carbonyl (C=O) groups is 1. The molecule has 5 nitrogen and oxygen atoms in total. The molecule has 0 saturated carbocycles. The molecule has 3 rings (SSSR count). The van der Waals surface area contributed by atoms with E-state index < -0.39 is 0 Å². The highest BCUT2D eigenvalue weighted by Gasteiger charge is 2.44. The van der Waals surface area contributed by atoms with Gasteiger partial charge < -0.3 is 15.0 Å². The van der Waals surface area contributed by atoms with Gasteiger partial charge in [0.1, 0.15) is 0 Å². The van der Waals surface area contributed by atoms with Crippen molar-refractivity contribution in [3.63, 3.8) is 0 Å². The van der Waals surface area contributed by atoms with E-state index in [0.717, 1.165) is 71.6 Å². The summed E-state index contributed by atoms with van der Waals surface area (Å²) >= 11 is 0. The number of nitrogens with zero attached hydrogens (tertiary/aromatic N) is 2. The second-order valence-corrected chi connectivity index (χ2v) is 6.31. The monoisotopic (exact) mass is 353 g/mol. The summed E-state index contributed by atoms with van der Waals surface area (Å²) < 4.78 is 5.42. The normalized spacial score (nSPS) is 32.4. The number of hydrogen-bond acceptors (Lipinski definition) is 4. The third-order valence-corrected chi connectivity index (χ3v) is 5.27. The second-order valence-electron chi connectivity index (χ2n) is 6.31. The molecule has 7 heteroatoms. The van der Waals surface area contributed by atoms with Crippen LogP contribution in [0.3, 0.4) is 0 Å². The third kappa shape index (κ3) is 3.88. The van der Waals surface area contributed by atoms with Crippen LogP contribution < -0.4 is 5.32 Å². The SMILES string of the molecule is CCC1(C(=O)N2CCC(N3CCOCC3)C2)CCCN1.Cl.Cl. The summed E-state index contributed by atoms with van der Waals surface area (Å²) in [4.78, 5) is 17.4. The summed E-state index contributed by atoms with van der Waals surface area (Å²) in [7, 11) is 0. The van der Waals surface area contributed by atoms with Crippen LogP contribution in [0, 0.1) is 0 Å². The van der Waals surface area contributed by atoms with Gasteiger partial charge in [0.15, 0.2) is 0 Å². The second kappa shape index (κ2) is 8.69. The number of ether oxygens (including phenoxy) is 1. The first-order valence-electron chi connectivity index (χ1n) is 8.11. The maximum absolute atomic E-state index is 12.8. The minimum absolute atomic E-state index is 0. The minimum Gasteiger partial charge on any atom is -0.379 e. The molecule has 0 radical (unpaired) electrons. The Morgan fingerprint density at radius 2 is 2.00 bits per heavy atom. The van der Waals surface area contributed by atoms with Gasteiger partial charge >= 0.3 is 0 Å². The number of likely N-dealkylation sites (tertiary alicyclic amines) is 1. The molecule has 3 aliphatic heterocycles. The van der Waals surface area contributed by atoms with E-state index in [0.29, 0.717) is 11.9 Å². The van der Waals surface area contributed by atoms with Crippen LogP contribution >= 0.6 is 24.8 Å². The lowest BCUT2D eigenvalue weighted by molar-refractivity contribution is -0.137. The van der Waals surface area contributed by atoms with Crippen molar-refractivity contribution in [2.24, 2.45) is 0 Å². The van der Waals surface area contributed by atoms with Gasteiger partial charge in [0.05, 0.1) is 18.8 Å². The van der Waals surface area contributed by atoms with Gasteiger partial charge in [0.2, 0.25) is 5.91 Å². The average molecular weight is 354 g/mol. The van der Waals surface area contributed by atoms with Crippen LogP contribution in [0.1, 0.15) is 32.6 Å². The van der Waals surface area contributed by atoms with Crippen molar-refractivity contribution < 1.29 is 9.53 Å². The molecule has 1 N–H and O–H groups in total. The molecular formula is C15H29Cl2N3O2. The highest BCUT2D eigenvalue weighted by molar-refractivity contribution is 5.87. The van der Waals surface area contributed by atoms with Crippen LogP contribution in [0.4, 0.5) is 0 Å². The first-order valence-corrected chi connectivity index (χ1v) is 8.11. The highest BCUT2D eigenvalue weighted by Crippen LogP contribution is 2.28. The summed E-state index contributed by atoms with van der Waals surface area (Å²) in [6.45, 7) is 8.65. The van der Waals surface area contributed by atoms with Gasteiger partial charge in [-0.25, -0.2) is 0 Å². The summed E-state index contributed by atoms with van der Waals surface area (Å²) in [6, 6.07) is 0.540. The zero-order valence-electron chi connectivity index (χ0n) is 13.4. The summed E-state index contributed by atoms with van der Waals surface area (Å²) in [5.74, 6) is 0.341. The Balaban J connectivity index is 0.00000121. The van der Waals surface area contributed by atoms with E-state index in [1.165, 1.54) is 0 Å². The molecule has 3 fully saturated rings. The molecule has 2 unspecified atom stereocenters. The Kier molecular flexibility index (Phi) is 7.89.